The molecule has 1 heterocycles. The van der Waals surface area contributed by atoms with Gasteiger partial charge in [-0.1, -0.05) is 11.6 Å². The summed E-state index contributed by atoms with van der Waals surface area (Å²) in [4.78, 5) is 0. The van der Waals surface area contributed by atoms with Crippen molar-refractivity contribution in [3.8, 4) is 0 Å². The predicted molar refractivity (Wildman–Crippen MR) is 52.7 cm³/mol. The number of hydrogen-bond acceptors (Lipinski definition) is 1. The highest BCUT2D eigenvalue weighted by Gasteiger charge is 2.11. The second-order valence-corrected chi connectivity index (χ2v) is 4.42. The minimum absolute atomic E-state index is 0. The number of hydrogen-bond donors (Lipinski definition) is 0. The summed E-state index contributed by atoms with van der Waals surface area (Å²) in [5, 5.41) is 2.07. The van der Waals surface area contributed by atoms with Crippen LogP contribution in [-0.4, -0.2) is 0 Å². The van der Waals surface area contributed by atoms with Crippen LogP contribution in [0.2, 0.25) is 5.02 Å². The van der Waals surface area contributed by atoms with E-state index in [9.17, 15) is 0 Å². The number of halogens is 2. The molecule has 1 aromatic heterocycles. The first-order valence-electron chi connectivity index (χ1n) is 3.73. The van der Waals surface area contributed by atoms with Gasteiger partial charge in [0.15, 0.2) is 7.05 Å². The smallest absolute Gasteiger partial charge is 0.200 e. The Morgan fingerprint density at radius 3 is 2.77 bits per heavy atom. The highest BCUT2D eigenvalue weighted by Crippen LogP contribution is 2.23. The number of benzene rings is 1. The van der Waals surface area contributed by atoms with Crippen LogP contribution < -0.4 is 27.9 Å². The second kappa shape index (κ2) is 4.11. The second-order valence-electron chi connectivity index (χ2n) is 2.81. The van der Waals surface area contributed by atoms with E-state index in [0.717, 1.165) is 5.02 Å². The van der Waals surface area contributed by atoms with Gasteiger partial charge in [0, 0.05) is 11.9 Å². The maximum atomic E-state index is 5.90. The predicted octanol–water partition coefficient (Wildman–Crippen LogP) is -0.308. The molecule has 0 fully saturated rings. The van der Waals surface area contributed by atoms with Crippen LogP contribution in [0.4, 0.5) is 0 Å². The first-order chi connectivity index (χ1) is 5.68. The largest absolute Gasteiger partial charge is 1.00 e. The molecule has 2 aromatic rings. The van der Waals surface area contributed by atoms with Gasteiger partial charge in [0.2, 0.25) is 5.69 Å². The van der Waals surface area contributed by atoms with Crippen molar-refractivity contribution < 1.29 is 27.9 Å². The number of nitrogens with zero attached hydrogens (tertiary/aromatic N) is 1. The van der Waals surface area contributed by atoms with Gasteiger partial charge in [0.25, 0.3) is 0 Å². The van der Waals surface area contributed by atoms with Crippen LogP contribution in [0, 0.1) is 6.92 Å². The van der Waals surface area contributed by atoms with Crippen LogP contribution >= 0.6 is 23.1 Å². The van der Waals surface area contributed by atoms with E-state index in [-0.39, 0.29) is 24.0 Å². The highest BCUT2D eigenvalue weighted by atomic mass is 127. The van der Waals surface area contributed by atoms with Gasteiger partial charge in [0.1, 0.15) is 16.2 Å². The Bertz CT molecular complexity index is 438. The van der Waals surface area contributed by atoms with E-state index in [2.05, 4.69) is 24.0 Å². The number of fused-ring (bicyclic) bond motifs is 1. The summed E-state index contributed by atoms with van der Waals surface area (Å²) in [5.74, 6) is 0. The van der Waals surface area contributed by atoms with Gasteiger partial charge >= 0.3 is 0 Å². The molecule has 4 heteroatoms. The first kappa shape index (κ1) is 11.2. The third-order valence-corrected chi connectivity index (χ3v) is 3.37. The Labute approximate surface area is 104 Å². The van der Waals surface area contributed by atoms with E-state index in [1.807, 2.05) is 12.1 Å². The lowest BCUT2D eigenvalue weighted by Gasteiger charge is -1.86. The Kier molecular flexibility index (Phi) is 3.54. The van der Waals surface area contributed by atoms with E-state index < -0.39 is 0 Å². The molecular formula is C9H9ClINS. The van der Waals surface area contributed by atoms with E-state index in [1.165, 1.54) is 15.8 Å². The molecule has 1 aromatic carbocycles. The highest BCUT2D eigenvalue weighted by molar-refractivity contribution is 7.09. The number of aromatic nitrogens is 1. The van der Waals surface area contributed by atoms with Gasteiger partial charge in [-0.05, 0) is 18.2 Å². The standard InChI is InChI=1S/C9H9ClNS.HI/c1-6-8-5-7(10)3-4-9(8)12-11(6)2;/h3-5H,1-2H3;1H/q+1;/p-1. The lowest BCUT2D eigenvalue weighted by molar-refractivity contribution is -0.606. The van der Waals surface area contributed by atoms with Gasteiger partial charge in [-0.2, -0.15) is 0 Å². The van der Waals surface area contributed by atoms with Crippen LogP contribution in [0.1, 0.15) is 5.69 Å². The number of aryl methyl sites for hydroxylation is 2. The molecule has 0 saturated heterocycles. The van der Waals surface area contributed by atoms with Crippen molar-refractivity contribution in [1.29, 1.82) is 0 Å². The lowest BCUT2D eigenvalue weighted by Crippen LogP contribution is -3.00. The van der Waals surface area contributed by atoms with Crippen LogP contribution in [0.3, 0.4) is 0 Å². The molecule has 0 bridgehead atoms. The molecule has 13 heavy (non-hydrogen) atoms. The molecule has 2 rings (SSSR count). The minimum Gasteiger partial charge on any atom is -1.00 e. The average Bonchev–Trinajstić information content (AvgIpc) is 2.31. The molecule has 0 amide bonds. The zero-order valence-electron chi connectivity index (χ0n) is 7.34. The zero-order chi connectivity index (χ0) is 8.72. The fourth-order valence-electron chi connectivity index (χ4n) is 1.25. The SMILES string of the molecule is Cc1c2cc(Cl)ccc2s[n+]1C.[I-]. The Balaban J connectivity index is 0.000000845. The van der Waals surface area contributed by atoms with Crippen molar-refractivity contribution in [1.82, 2.24) is 0 Å². The minimum atomic E-state index is 0. The fraction of sp³-hybridized carbons (Fsp3) is 0.222. The van der Waals surface area contributed by atoms with Crippen molar-refractivity contribution in [2.24, 2.45) is 7.05 Å². The molecule has 0 N–H and O–H groups in total. The molecule has 0 atom stereocenters. The summed E-state index contributed by atoms with van der Waals surface area (Å²) in [6, 6.07) is 6.01. The van der Waals surface area contributed by atoms with Crippen molar-refractivity contribution in [2.75, 3.05) is 0 Å². The third kappa shape index (κ3) is 1.97. The van der Waals surface area contributed by atoms with E-state index in [1.54, 1.807) is 11.5 Å². The summed E-state index contributed by atoms with van der Waals surface area (Å²) in [7, 11) is 2.06. The third-order valence-electron chi connectivity index (χ3n) is 2.04. The van der Waals surface area contributed by atoms with Crippen molar-refractivity contribution in [3.05, 3.63) is 28.9 Å². The Morgan fingerprint density at radius 2 is 2.08 bits per heavy atom. The molecule has 0 unspecified atom stereocenters. The summed E-state index contributed by atoms with van der Waals surface area (Å²) < 4.78 is 3.44. The molecular weight excluding hydrogens is 317 g/mol. The van der Waals surface area contributed by atoms with Crippen LogP contribution in [0.25, 0.3) is 10.1 Å². The summed E-state index contributed by atoms with van der Waals surface area (Å²) in [5.41, 5.74) is 1.28. The summed E-state index contributed by atoms with van der Waals surface area (Å²) in [6.45, 7) is 2.11. The maximum Gasteiger partial charge on any atom is 0.200 e. The van der Waals surface area contributed by atoms with Crippen LogP contribution in [0.15, 0.2) is 18.2 Å². The monoisotopic (exact) mass is 325 g/mol. The molecule has 0 aliphatic rings. The van der Waals surface area contributed by atoms with Gasteiger partial charge in [-0.15, -0.1) is 3.96 Å². The molecule has 0 aliphatic carbocycles. The van der Waals surface area contributed by atoms with E-state index in [0.29, 0.717) is 0 Å². The number of rotatable bonds is 0. The summed E-state index contributed by atoms with van der Waals surface area (Å²) >= 11 is 7.64. The molecule has 0 spiro atoms. The summed E-state index contributed by atoms with van der Waals surface area (Å²) in [6.07, 6.45) is 0. The van der Waals surface area contributed by atoms with E-state index >= 15 is 0 Å². The van der Waals surface area contributed by atoms with Gasteiger partial charge < -0.3 is 24.0 Å². The average molecular weight is 326 g/mol. The molecule has 0 saturated carbocycles. The van der Waals surface area contributed by atoms with Gasteiger partial charge in [0.05, 0.1) is 5.39 Å². The quantitative estimate of drug-likeness (QED) is 0.462. The van der Waals surface area contributed by atoms with Crippen molar-refractivity contribution >= 4 is 33.2 Å². The van der Waals surface area contributed by atoms with E-state index in [4.69, 9.17) is 11.6 Å². The first-order valence-corrected chi connectivity index (χ1v) is 4.89. The molecule has 70 valence electrons. The lowest BCUT2D eigenvalue weighted by atomic mass is 10.2. The Hall–Kier alpha value is 0.130. The normalized spacial score (nSPS) is 10.1. The molecule has 0 radical (unpaired) electrons. The van der Waals surface area contributed by atoms with Crippen LogP contribution in [0.5, 0.6) is 0 Å². The fourth-order valence-corrected chi connectivity index (χ4v) is 2.39. The van der Waals surface area contributed by atoms with Crippen LogP contribution in [-0.2, 0) is 7.05 Å². The van der Waals surface area contributed by atoms with Crippen molar-refractivity contribution in [3.63, 3.8) is 0 Å². The van der Waals surface area contributed by atoms with Gasteiger partial charge in [-0.3, -0.25) is 0 Å². The van der Waals surface area contributed by atoms with Crippen molar-refractivity contribution in [2.45, 2.75) is 6.92 Å². The topological polar surface area (TPSA) is 3.88 Å². The molecule has 0 aliphatic heterocycles. The Morgan fingerprint density at radius 1 is 1.38 bits per heavy atom. The zero-order valence-corrected chi connectivity index (χ0v) is 11.1. The molecule has 1 nitrogen and oxygen atoms in total. The van der Waals surface area contributed by atoms with Gasteiger partial charge in [-0.25, -0.2) is 0 Å². The maximum absolute atomic E-state index is 5.90.